The summed E-state index contributed by atoms with van der Waals surface area (Å²) in [6.07, 6.45) is 9.88. The molecule has 26 heavy (non-hydrogen) atoms. The van der Waals surface area contributed by atoms with Crippen molar-refractivity contribution in [3.63, 3.8) is 0 Å². The summed E-state index contributed by atoms with van der Waals surface area (Å²) in [5.74, 6) is -0.362. The number of amides is 2. The van der Waals surface area contributed by atoms with Crippen LogP contribution in [0.4, 0.5) is 0 Å². The molecule has 0 aromatic heterocycles. The molecule has 6 heteroatoms. The maximum atomic E-state index is 13.2. The Bertz CT molecular complexity index is 624. The molecule has 6 nitrogen and oxygen atoms in total. The number of carbonyl (C=O) groups is 2. The van der Waals surface area contributed by atoms with E-state index in [0.717, 1.165) is 52.1 Å². The maximum absolute atomic E-state index is 13.2. The summed E-state index contributed by atoms with van der Waals surface area (Å²) in [5.41, 5.74) is -0.552. The van der Waals surface area contributed by atoms with Crippen molar-refractivity contribution in [1.29, 1.82) is 0 Å². The molecular formula is C20H29N3O3. The summed E-state index contributed by atoms with van der Waals surface area (Å²) >= 11 is 0. The normalized spacial score (nSPS) is 39.2. The Morgan fingerprint density at radius 3 is 2.58 bits per heavy atom. The maximum Gasteiger partial charge on any atom is 0.230 e. The highest BCUT2D eigenvalue weighted by Gasteiger charge is 2.67. The Kier molecular flexibility index (Phi) is 4.09. The van der Waals surface area contributed by atoms with Gasteiger partial charge in [0.2, 0.25) is 11.8 Å². The fraction of sp³-hybridized carbons (Fsp3) is 0.800. The smallest absolute Gasteiger partial charge is 0.230 e. The van der Waals surface area contributed by atoms with E-state index in [2.05, 4.69) is 11.0 Å². The molecule has 4 fully saturated rings. The van der Waals surface area contributed by atoms with Crippen LogP contribution in [-0.4, -0.2) is 84.0 Å². The van der Waals surface area contributed by atoms with Gasteiger partial charge in [0.1, 0.15) is 5.60 Å². The number of hydrogen-bond acceptors (Lipinski definition) is 4. The molecule has 0 unspecified atom stereocenters. The fourth-order valence-electron chi connectivity index (χ4n) is 5.64. The monoisotopic (exact) mass is 359 g/mol. The van der Waals surface area contributed by atoms with Gasteiger partial charge < -0.3 is 19.4 Å². The SMILES string of the molecule is O=C([C@@H]1[C@@H]2C=C[C@@]3(CN(CCN4CCCCC4)C(=O)[C@@H]13)O2)N1CCCC1. The average Bonchev–Trinajstić information content (AvgIpc) is 3.43. The van der Waals surface area contributed by atoms with E-state index in [1.807, 2.05) is 15.9 Å². The first-order valence-corrected chi connectivity index (χ1v) is 10.4. The van der Waals surface area contributed by atoms with Crippen LogP contribution in [0, 0.1) is 11.8 Å². The number of piperidine rings is 1. The predicted octanol–water partition coefficient (Wildman–Crippen LogP) is 0.877. The first-order chi connectivity index (χ1) is 12.7. The Morgan fingerprint density at radius 1 is 1.08 bits per heavy atom. The second kappa shape index (κ2) is 6.34. The molecule has 0 saturated carbocycles. The summed E-state index contributed by atoms with van der Waals surface area (Å²) in [7, 11) is 0. The molecule has 4 atom stereocenters. The first kappa shape index (κ1) is 16.8. The number of likely N-dealkylation sites (tertiary alicyclic amines) is 3. The van der Waals surface area contributed by atoms with Gasteiger partial charge in [-0.1, -0.05) is 18.6 Å². The summed E-state index contributed by atoms with van der Waals surface area (Å²) < 4.78 is 6.23. The van der Waals surface area contributed by atoms with Crippen molar-refractivity contribution in [3.8, 4) is 0 Å². The molecular weight excluding hydrogens is 330 g/mol. The Balaban J connectivity index is 1.30. The molecule has 5 aliphatic heterocycles. The van der Waals surface area contributed by atoms with E-state index >= 15 is 0 Å². The standard InChI is InChI=1S/C20H29N3O3/c24-18(22-10-4-5-11-22)16-15-6-7-20(26-15)14-23(19(25)17(16)20)13-12-21-8-2-1-3-9-21/h6-7,15-17H,1-5,8-14H2/t15-,16+,17+,20-/m0/s1. The van der Waals surface area contributed by atoms with E-state index in [-0.39, 0.29) is 29.8 Å². The Morgan fingerprint density at radius 2 is 1.81 bits per heavy atom. The third-order valence-corrected chi connectivity index (χ3v) is 7.02. The molecule has 1 spiro atoms. The zero-order valence-electron chi connectivity index (χ0n) is 15.4. The number of ether oxygens (including phenoxy) is 1. The molecule has 5 aliphatic rings. The lowest BCUT2D eigenvalue weighted by atomic mass is 9.76. The van der Waals surface area contributed by atoms with Gasteiger partial charge in [-0.25, -0.2) is 0 Å². The van der Waals surface area contributed by atoms with Gasteiger partial charge in [-0.05, 0) is 38.8 Å². The number of carbonyl (C=O) groups excluding carboxylic acids is 2. The van der Waals surface area contributed by atoms with Crippen molar-refractivity contribution in [1.82, 2.24) is 14.7 Å². The second-order valence-electron chi connectivity index (χ2n) is 8.59. The topological polar surface area (TPSA) is 53.1 Å². The molecule has 5 rings (SSSR count). The molecule has 0 radical (unpaired) electrons. The van der Waals surface area contributed by atoms with Gasteiger partial charge >= 0.3 is 0 Å². The van der Waals surface area contributed by atoms with E-state index in [1.54, 1.807) is 0 Å². The largest absolute Gasteiger partial charge is 0.360 e. The summed E-state index contributed by atoms with van der Waals surface area (Å²) in [6.45, 7) is 6.25. The molecule has 2 bridgehead atoms. The van der Waals surface area contributed by atoms with E-state index in [4.69, 9.17) is 4.74 Å². The minimum absolute atomic E-state index is 0.131. The molecule has 0 aromatic rings. The van der Waals surface area contributed by atoms with Crippen LogP contribution in [-0.2, 0) is 14.3 Å². The van der Waals surface area contributed by atoms with Crippen LogP contribution in [0.1, 0.15) is 32.1 Å². The van der Waals surface area contributed by atoms with Crippen molar-refractivity contribution in [2.24, 2.45) is 11.8 Å². The number of rotatable bonds is 4. The van der Waals surface area contributed by atoms with Crippen LogP contribution in [0.15, 0.2) is 12.2 Å². The van der Waals surface area contributed by atoms with E-state index in [1.165, 1.54) is 19.3 Å². The number of fused-ring (bicyclic) bond motifs is 1. The highest BCUT2D eigenvalue weighted by atomic mass is 16.5. The van der Waals surface area contributed by atoms with Gasteiger partial charge in [-0.15, -0.1) is 0 Å². The zero-order valence-corrected chi connectivity index (χ0v) is 15.4. The summed E-state index contributed by atoms with van der Waals surface area (Å²) in [4.78, 5) is 32.6. The lowest BCUT2D eigenvalue weighted by Gasteiger charge is -2.29. The number of hydrogen-bond donors (Lipinski definition) is 0. The van der Waals surface area contributed by atoms with Gasteiger partial charge in [0.05, 0.1) is 24.5 Å². The Hall–Kier alpha value is -1.40. The second-order valence-corrected chi connectivity index (χ2v) is 8.59. The highest BCUT2D eigenvalue weighted by Crippen LogP contribution is 2.52. The van der Waals surface area contributed by atoms with Crippen molar-refractivity contribution in [2.45, 2.75) is 43.8 Å². The lowest BCUT2D eigenvalue weighted by molar-refractivity contribution is -0.142. The van der Waals surface area contributed by atoms with Gasteiger partial charge in [0, 0.05) is 26.2 Å². The minimum atomic E-state index is -0.552. The van der Waals surface area contributed by atoms with Crippen molar-refractivity contribution in [2.75, 3.05) is 45.8 Å². The predicted molar refractivity (Wildman–Crippen MR) is 96.4 cm³/mol. The summed E-state index contributed by atoms with van der Waals surface area (Å²) in [5, 5.41) is 0. The zero-order chi connectivity index (χ0) is 17.7. The molecule has 142 valence electrons. The highest BCUT2D eigenvalue weighted by molar-refractivity contribution is 5.93. The van der Waals surface area contributed by atoms with Crippen LogP contribution >= 0.6 is 0 Å². The van der Waals surface area contributed by atoms with Crippen LogP contribution in [0.5, 0.6) is 0 Å². The molecule has 0 aromatic carbocycles. The van der Waals surface area contributed by atoms with Crippen molar-refractivity contribution >= 4 is 11.8 Å². The van der Waals surface area contributed by atoms with Gasteiger partial charge in [0.25, 0.3) is 0 Å². The molecule has 5 heterocycles. The lowest BCUT2D eigenvalue weighted by Crippen LogP contribution is -2.45. The average molecular weight is 359 g/mol. The van der Waals surface area contributed by atoms with Crippen LogP contribution in [0.3, 0.4) is 0 Å². The van der Waals surface area contributed by atoms with Crippen molar-refractivity contribution < 1.29 is 14.3 Å². The molecule has 0 N–H and O–H groups in total. The number of nitrogens with zero attached hydrogens (tertiary/aromatic N) is 3. The molecule has 4 saturated heterocycles. The van der Waals surface area contributed by atoms with Crippen molar-refractivity contribution in [3.05, 3.63) is 12.2 Å². The van der Waals surface area contributed by atoms with Gasteiger partial charge in [-0.3, -0.25) is 9.59 Å². The van der Waals surface area contributed by atoms with Crippen LogP contribution < -0.4 is 0 Å². The molecule has 2 amide bonds. The third-order valence-electron chi connectivity index (χ3n) is 7.02. The quantitative estimate of drug-likeness (QED) is 0.699. The first-order valence-electron chi connectivity index (χ1n) is 10.4. The van der Waals surface area contributed by atoms with Gasteiger partial charge in [-0.2, -0.15) is 0 Å². The fourth-order valence-corrected chi connectivity index (χ4v) is 5.64. The minimum Gasteiger partial charge on any atom is -0.360 e. The van der Waals surface area contributed by atoms with Crippen LogP contribution in [0.25, 0.3) is 0 Å². The van der Waals surface area contributed by atoms with E-state index in [9.17, 15) is 9.59 Å². The van der Waals surface area contributed by atoms with Crippen LogP contribution in [0.2, 0.25) is 0 Å². The van der Waals surface area contributed by atoms with E-state index in [0.29, 0.717) is 6.54 Å². The Labute approximate surface area is 155 Å². The third kappa shape index (κ3) is 2.53. The molecule has 0 aliphatic carbocycles. The van der Waals surface area contributed by atoms with Gasteiger partial charge in [0.15, 0.2) is 0 Å². The summed E-state index contributed by atoms with van der Waals surface area (Å²) in [6, 6.07) is 0. The van der Waals surface area contributed by atoms with E-state index < -0.39 is 5.60 Å².